The van der Waals surface area contributed by atoms with E-state index < -0.39 is 0 Å². The first-order valence-corrected chi connectivity index (χ1v) is 5.10. The maximum atomic E-state index is 13.0. The van der Waals surface area contributed by atoms with Crippen molar-refractivity contribution in [2.24, 2.45) is 0 Å². The average Bonchev–Trinajstić information content (AvgIpc) is 2.30. The van der Waals surface area contributed by atoms with Crippen molar-refractivity contribution in [1.82, 2.24) is 5.32 Å². The van der Waals surface area contributed by atoms with Crippen LogP contribution >= 0.6 is 0 Å². The standard InChI is InChI=1S/C11H15FN2O/c1-15-11-8-9(12)2-3-10(11)14-6-4-13-5-7-14/h2-3,8,13H,4-7H2,1H3. The molecule has 0 spiro atoms. The lowest BCUT2D eigenvalue weighted by atomic mass is 10.2. The van der Waals surface area contributed by atoms with Gasteiger partial charge in [0.2, 0.25) is 0 Å². The van der Waals surface area contributed by atoms with Crippen molar-refractivity contribution in [1.29, 1.82) is 0 Å². The van der Waals surface area contributed by atoms with E-state index >= 15 is 0 Å². The van der Waals surface area contributed by atoms with Gasteiger partial charge in [-0.25, -0.2) is 4.39 Å². The Morgan fingerprint density at radius 3 is 2.73 bits per heavy atom. The van der Waals surface area contributed by atoms with Gasteiger partial charge in [0, 0.05) is 32.2 Å². The van der Waals surface area contributed by atoms with E-state index in [9.17, 15) is 4.39 Å². The first-order chi connectivity index (χ1) is 7.31. The molecular weight excluding hydrogens is 195 g/mol. The molecule has 0 aliphatic carbocycles. The van der Waals surface area contributed by atoms with Crippen molar-refractivity contribution in [3.63, 3.8) is 0 Å². The van der Waals surface area contributed by atoms with E-state index in [1.165, 1.54) is 12.1 Å². The summed E-state index contributed by atoms with van der Waals surface area (Å²) in [5.74, 6) is 0.350. The SMILES string of the molecule is COc1cc(F)ccc1N1CCNCC1. The molecule has 1 N–H and O–H groups in total. The molecule has 1 heterocycles. The summed E-state index contributed by atoms with van der Waals surface area (Å²) in [5, 5.41) is 3.28. The molecule has 1 fully saturated rings. The molecule has 1 aliphatic heterocycles. The number of methoxy groups -OCH3 is 1. The highest BCUT2D eigenvalue weighted by Gasteiger charge is 2.14. The number of halogens is 1. The Bertz CT molecular complexity index is 337. The van der Waals surface area contributed by atoms with Gasteiger partial charge < -0.3 is 15.0 Å². The monoisotopic (exact) mass is 210 g/mol. The summed E-state index contributed by atoms with van der Waals surface area (Å²) in [6, 6.07) is 4.68. The van der Waals surface area contributed by atoms with Gasteiger partial charge in [-0.05, 0) is 12.1 Å². The second kappa shape index (κ2) is 4.49. The van der Waals surface area contributed by atoms with Crippen molar-refractivity contribution in [3.8, 4) is 5.75 Å². The average molecular weight is 210 g/mol. The lowest BCUT2D eigenvalue weighted by molar-refractivity contribution is 0.409. The van der Waals surface area contributed by atoms with E-state index in [1.807, 2.05) is 0 Å². The summed E-state index contributed by atoms with van der Waals surface area (Å²) in [6.07, 6.45) is 0. The molecule has 0 aromatic heterocycles. The van der Waals surface area contributed by atoms with E-state index in [2.05, 4.69) is 10.2 Å². The molecule has 1 aliphatic rings. The van der Waals surface area contributed by atoms with Gasteiger partial charge in [0.1, 0.15) is 11.6 Å². The summed E-state index contributed by atoms with van der Waals surface area (Å²) >= 11 is 0. The zero-order valence-electron chi connectivity index (χ0n) is 8.79. The van der Waals surface area contributed by atoms with Gasteiger partial charge >= 0.3 is 0 Å². The fourth-order valence-electron chi connectivity index (χ4n) is 1.82. The number of nitrogens with one attached hydrogen (secondary N) is 1. The van der Waals surface area contributed by atoms with Crippen molar-refractivity contribution in [3.05, 3.63) is 24.0 Å². The topological polar surface area (TPSA) is 24.5 Å². The summed E-state index contributed by atoms with van der Waals surface area (Å²) in [5.41, 5.74) is 0.973. The Morgan fingerprint density at radius 2 is 2.07 bits per heavy atom. The highest BCUT2D eigenvalue weighted by molar-refractivity contribution is 5.58. The number of anilines is 1. The molecule has 1 saturated heterocycles. The summed E-state index contributed by atoms with van der Waals surface area (Å²) < 4.78 is 18.2. The number of piperazine rings is 1. The molecule has 1 aromatic carbocycles. The maximum Gasteiger partial charge on any atom is 0.145 e. The van der Waals surface area contributed by atoms with Gasteiger partial charge in [0.15, 0.2) is 0 Å². The Hall–Kier alpha value is -1.29. The maximum absolute atomic E-state index is 13.0. The molecule has 0 amide bonds. The second-order valence-electron chi connectivity index (χ2n) is 3.55. The quantitative estimate of drug-likeness (QED) is 0.795. The molecule has 1 aromatic rings. The van der Waals surface area contributed by atoms with Crippen LogP contribution in [0.1, 0.15) is 0 Å². The van der Waals surface area contributed by atoms with Gasteiger partial charge in [0.25, 0.3) is 0 Å². The van der Waals surface area contributed by atoms with Crippen molar-refractivity contribution < 1.29 is 9.13 Å². The molecule has 0 radical (unpaired) electrons. The van der Waals surface area contributed by atoms with Gasteiger partial charge in [0.05, 0.1) is 12.8 Å². The third-order valence-electron chi connectivity index (χ3n) is 2.60. The number of hydrogen-bond acceptors (Lipinski definition) is 3. The predicted molar refractivity (Wildman–Crippen MR) is 58.0 cm³/mol. The molecule has 15 heavy (non-hydrogen) atoms. The van der Waals surface area contributed by atoms with E-state index in [-0.39, 0.29) is 5.82 Å². The molecule has 4 heteroatoms. The highest BCUT2D eigenvalue weighted by Crippen LogP contribution is 2.28. The third kappa shape index (κ3) is 2.21. The van der Waals surface area contributed by atoms with E-state index in [4.69, 9.17) is 4.74 Å². The minimum atomic E-state index is -0.259. The first kappa shape index (κ1) is 10.2. The van der Waals surface area contributed by atoms with Gasteiger partial charge in [-0.3, -0.25) is 0 Å². The van der Waals surface area contributed by atoms with Crippen LogP contribution in [0.3, 0.4) is 0 Å². The minimum Gasteiger partial charge on any atom is -0.494 e. The summed E-state index contributed by atoms with van der Waals surface area (Å²) in [7, 11) is 1.57. The van der Waals surface area contributed by atoms with Gasteiger partial charge in [-0.1, -0.05) is 0 Å². The van der Waals surface area contributed by atoms with Crippen LogP contribution in [-0.2, 0) is 0 Å². The fraction of sp³-hybridized carbons (Fsp3) is 0.455. The van der Waals surface area contributed by atoms with Crippen LogP contribution in [0, 0.1) is 5.82 Å². The largest absolute Gasteiger partial charge is 0.494 e. The summed E-state index contributed by atoms with van der Waals surface area (Å²) in [6.45, 7) is 3.78. The molecule has 0 saturated carbocycles. The summed E-state index contributed by atoms with van der Waals surface area (Å²) in [4.78, 5) is 2.20. The number of hydrogen-bond donors (Lipinski definition) is 1. The van der Waals surface area contributed by atoms with Crippen molar-refractivity contribution in [2.45, 2.75) is 0 Å². The van der Waals surface area contributed by atoms with Crippen LogP contribution in [0.15, 0.2) is 18.2 Å². The Morgan fingerprint density at radius 1 is 1.33 bits per heavy atom. The van der Waals surface area contributed by atoms with Crippen LogP contribution in [0.5, 0.6) is 5.75 Å². The predicted octanol–water partition coefficient (Wildman–Crippen LogP) is 1.24. The van der Waals surface area contributed by atoms with Crippen LogP contribution in [0.4, 0.5) is 10.1 Å². The first-order valence-electron chi connectivity index (χ1n) is 5.10. The number of ether oxygens (including phenoxy) is 1. The van der Waals surface area contributed by atoms with Gasteiger partial charge in [-0.2, -0.15) is 0 Å². The van der Waals surface area contributed by atoms with Crippen LogP contribution in [0.25, 0.3) is 0 Å². The number of nitrogens with zero attached hydrogens (tertiary/aromatic N) is 1. The zero-order chi connectivity index (χ0) is 10.7. The molecule has 0 bridgehead atoms. The molecule has 0 atom stereocenters. The van der Waals surface area contributed by atoms with Crippen LogP contribution in [-0.4, -0.2) is 33.3 Å². The van der Waals surface area contributed by atoms with E-state index in [0.29, 0.717) is 5.75 Å². The lowest BCUT2D eigenvalue weighted by Crippen LogP contribution is -2.43. The second-order valence-corrected chi connectivity index (χ2v) is 3.55. The fourth-order valence-corrected chi connectivity index (χ4v) is 1.82. The third-order valence-corrected chi connectivity index (χ3v) is 2.60. The molecule has 2 rings (SSSR count). The Balaban J connectivity index is 2.25. The smallest absolute Gasteiger partial charge is 0.145 e. The van der Waals surface area contributed by atoms with Crippen LogP contribution in [0.2, 0.25) is 0 Å². The molecule has 3 nitrogen and oxygen atoms in total. The zero-order valence-corrected chi connectivity index (χ0v) is 8.79. The van der Waals surface area contributed by atoms with Gasteiger partial charge in [-0.15, -0.1) is 0 Å². The lowest BCUT2D eigenvalue weighted by Gasteiger charge is -2.30. The van der Waals surface area contributed by atoms with Crippen LogP contribution < -0.4 is 15.0 Å². The van der Waals surface area contributed by atoms with Crippen molar-refractivity contribution in [2.75, 3.05) is 38.2 Å². The number of rotatable bonds is 2. The van der Waals surface area contributed by atoms with E-state index in [0.717, 1.165) is 31.9 Å². The molecular formula is C11H15FN2O. The molecule has 0 unspecified atom stereocenters. The minimum absolute atomic E-state index is 0.259. The normalized spacial score (nSPS) is 16.5. The Kier molecular flexibility index (Phi) is 3.06. The number of benzene rings is 1. The molecule has 82 valence electrons. The Labute approximate surface area is 88.8 Å². The van der Waals surface area contributed by atoms with Crippen molar-refractivity contribution >= 4 is 5.69 Å². The van der Waals surface area contributed by atoms with E-state index in [1.54, 1.807) is 13.2 Å². The highest BCUT2D eigenvalue weighted by atomic mass is 19.1.